The van der Waals surface area contributed by atoms with Crippen molar-refractivity contribution < 1.29 is 8.42 Å². The normalized spacial score (nSPS) is 13.5. The average molecular weight is 269 g/mol. The van der Waals surface area contributed by atoms with Crippen LogP contribution in [0.2, 0.25) is 0 Å². The van der Waals surface area contributed by atoms with Gasteiger partial charge in [0.25, 0.3) is 0 Å². The Labute approximate surface area is 111 Å². The lowest BCUT2D eigenvalue weighted by molar-refractivity contribution is 0.565. The topological polar surface area (TPSA) is 46.2 Å². The number of hydrogen-bond donors (Lipinski definition) is 1. The molecule has 1 N–H and O–H groups in total. The Morgan fingerprint density at radius 3 is 2.50 bits per heavy atom. The second-order valence-corrected chi connectivity index (χ2v) is 7.04. The number of likely N-dealkylation sites (N-methyl/N-ethyl adjacent to an activating group) is 1. The van der Waals surface area contributed by atoms with Crippen LogP contribution in [0.3, 0.4) is 0 Å². The van der Waals surface area contributed by atoms with Crippen molar-refractivity contribution in [2.75, 3.05) is 25.1 Å². The SMILES string of the molecule is CCNCC(CCS(C)(=O)=O)c1ccccc1C. The molecule has 0 aromatic heterocycles. The molecule has 1 aromatic carbocycles. The quantitative estimate of drug-likeness (QED) is 0.825. The van der Waals surface area contributed by atoms with Gasteiger partial charge in [0, 0.05) is 12.8 Å². The smallest absolute Gasteiger partial charge is 0.147 e. The molecule has 4 heteroatoms. The van der Waals surface area contributed by atoms with Crippen LogP contribution in [0.15, 0.2) is 24.3 Å². The van der Waals surface area contributed by atoms with E-state index in [1.807, 2.05) is 12.1 Å². The van der Waals surface area contributed by atoms with Crippen LogP contribution in [0.5, 0.6) is 0 Å². The van der Waals surface area contributed by atoms with Gasteiger partial charge in [-0.3, -0.25) is 0 Å². The van der Waals surface area contributed by atoms with Gasteiger partial charge in [0.1, 0.15) is 9.84 Å². The molecule has 0 aliphatic rings. The predicted molar refractivity (Wildman–Crippen MR) is 76.8 cm³/mol. The molecule has 1 rings (SSSR count). The lowest BCUT2D eigenvalue weighted by Crippen LogP contribution is -2.23. The zero-order valence-electron chi connectivity index (χ0n) is 11.4. The highest BCUT2D eigenvalue weighted by Gasteiger charge is 2.15. The zero-order chi connectivity index (χ0) is 13.6. The molecule has 0 amide bonds. The third kappa shape index (κ3) is 5.19. The molecule has 102 valence electrons. The van der Waals surface area contributed by atoms with Gasteiger partial charge < -0.3 is 5.32 Å². The van der Waals surface area contributed by atoms with Crippen LogP contribution in [0.25, 0.3) is 0 Å². The Balaban J connectivity index is 2.81. The van der Waals surface area contributed by atoms with E-state index >= 15 is 0 Å². The number of nitrogens with one attached hydrogen (secondary N) is 1. The fourth-order valence-electron chi connectivity index (χ4n) is 2.09. The van der Waals surface area contributed by atoms with Gasteiger partial charge in [-0.15, -0.1) is 0 Å². The molecule has 0 fully saturated rings. The molecule has 1 atom stereocenters. The Kier molecular flexibility index (Phi) is 5.82. The third-order valence-corrected chi connectivity index (χ3v) is 4.08. The molecule has 1 unspecified atom stereocenters. The molecule has 0 saturated heterocycles. The number of rotatable bonds is 7. The summed E-state index contributed by atoms with van der Waals surface area (Å²) in [5.74, 6) is 0.512. The van der Waals surface area contributed by atoms with Gasteiger partial charge in [-0.1, -0.05) is 31.2 Å². The first-order valence-corrected chi connectivity index (χ1v) is 8.44. The summed E-state index contributed by atoms with van der Waals surface area (Å²) >= 11 is 0. The summed E-state index contributed by atoms with van der Waals surface area (Å²) in [6.07, 6.45) is 1.98. The Bertz CT molecular complexity index is 468. The van der Waals surface area contributed by atoms with Crippen LogP contribution >= 0.6 is 0 Å². The third-order valence-electron chi connectivity index (χ3n) is 3.11. The molecule has 0 spiro atoms. The van der Waals surface area contributed by atoms with E-state index in [1.54, 1.807) is 0 Å². The van der Waals surface area contributed by atoms with Gasteiger partial charge in [-0.2, -0.15) is 0 Å². The van der Waals surface area contributed by atoms with Gasteiger partial charge in [0.05, 0.1) is 5.75 Å². The molecule has 18 heavy (non-hydrogen) atoms. The van der Waals surface area contributed by atoms with Crippen molar-refractivity contribution in [3.8, 4) is 0 Å². The van der Waals surface area contributed by atoms with E-state index in [-0.39, 0.29) is 11.7 Å². The maximum atomic E-state index is 11.3. The van der Waals surface area contributed by atoms with E-state index in [2.05, 4.69) is 31.3 Å². The maximum Gasteiger partial charge on any atom is 0.147 e. The van der Waals surface area contributed by atoms with Gasteiger partial charge >= 0.3 is 0 Å². The lowest BCUT2D eigenvalue weighted by Gasteiger charge is -2.19. The van der Waals surface area contributed by atoms with Crippen molar-refractivity contribution in [1.82, 2.24) is 5.32 Å². The highest BCUT2D eigenvalue weighted by atomic mass is 32.2. The minimum atomic E-state index is -2.89. The molecular weight excluding hydrogens is 246 g/mol. The van der Waals surface area contributed by atoms with Crippen molar-refractivity contribution in [3.05, 3.63) is 35.4 Å². The first-order valence-electron chi connectivity index (χ1n) is 6.38. The highest BCUT2D eigenvalue weighted by molar-refractivity contribution is 7.90. The average Bonchev–Trinajstić information content (AvgIpc) is 2.29. The first kappa shape index (κ1) is 15.2. The van der Waals surface area contributed by atoms with Crippen LogP contribution in [0.4, 0.5) is 0 Å². The van der Waals surface area contributed by atoms with E-state index in [0.29, 0.717) is 6.42 Å². The van der Waals surface area contributed by atoms with Crippen molar-refractivity contribution in [3.63, 3.8) is 0 Å². The van der Waals surface area contributed by atoms with Crippen LogP contribution in [0, 0.1) is 6.92 Å². The van der Waals surface area contributed by atoms with Crippen molar-refractivity contribution in [1.29, 1.82) is 0 Å². The van der Waals surface area contributed by atoms with Gasteiger partial charge in [0.2, 0.25) is 0 Å². The lowest BCUT2D eigenvalue weighted by atomic mass is 9.92. The number of aryl methyl sites for hydroxylation is 1. The summed E-state index contributed by atoms with van der Waals surface area (Å²) in [6.45, 7) is 5.87. The van der Waals surface area contributed by atoms with E-state index in [1.165, 1.54) is 17.4 Å². The van der Waals surface area contributed by atoms with Gasteiger partial charge in [-0.25, -0.2) is 8.42 Å². The minimum Gasteiger partial charge on any atom is -0.316 e. The zero-order valence-corrected chi connectivity index (χ0v) is 12.3. The van der Waals surface area contributed by atoms with E-state index in [4.69, 9.17) is 0 Å². The van der Waals surface area contributed by atoms with Crippen LogP contribution in [0.1, 0.15) is 30.4 Å². The summed E-state index contributed by atoms with van der Waals surface area (Å²) in [7, 11) is -2.89. The molecule has 0 saturated carbocycles. The number of benzene rings is 1. The molecule has 0 aliphatic carbocycles. The molecular formula is C14H23NO2S. The van der Waals surface area contributed by atoms with Crippen molar-refractivity contribution in [2.24, 2.45) is 0 Å². The standard InChI is InChI=1S/C14H23NO2S/c1-4-15-11-13(9-10-18(3,16)17)14-8-6-5-7-12(14)2/h5-8,13,15H,4,9-11H2,1-3H3. The molecule has 0 aliphatic heterocycles. The van der Waals surface area contributed by atoms with Gasteiger partial charge in [-0.05, 0) is 36.9 Å². The minimum absolute atomic E-state index is 0.247. The van der Waals surface area contributed by atoms with Crippen LogP contribution in [-0.2, 0) is 9.84 Å². The second kappa shape index (κ2) is 6.90. The first-order chi connectivity index (χ1) is 8.44. The monoisotopic (exact) mass is 269 g/mol. The van der Waals surface area contributed by atoms with Gasteiger partial charge in [0.15, 0.2) is 0 Å². The van der Waals surface area contributed by atoms with Crippen molar-refractivity contribution >= 4 is 9.84 Å². The van der Waals surface area contributed by atoms with E-state index < -0.39 is 9.84 Å². The highest BCUT2D eigenvalue weighted by Crippen LogP contribution is 2.23. The van der Waals surface area contributed by atoms with Crippen LogP contribution in [-0.4, -0.2) is 33.5 Å². The Morgan fingerprint density at radius 1 is 1.28 bits per heavy atom. The fraction of sp³-hybridized carbons (Fsp3) is 0.571. The van der Waals surface area contributed by atoms with Crippen LogP contribution < -0.4 is 5.32 Å². The molecule has 0 bridgehead atoms. The summed E-state index contributed by atoms with van der Waals surface area (Å²) in [5, 5.41) is 3.32. The summed E-state index contributed by atoms with van der Waals surface area (Å²) in [4.78, 5) is 0. The Hall–Kier alpha value is -0.870. The molecule has 0 radical (unpaired) electrons. The maximum absolute atomic E-state index is 11.3. The fourth-order valence-corrected chi connectivity index (χ4v) is 2.80. The second-order valence-electron chi connectivity index (χ2n) is 4.78. The molecule has 0 heterocycles. The molecule has 3 nitrogen and oxygen atoms in total. The summed E-state index contributed by atoms with van der Waals surface area (Å²) in [6, 6.07) is 8.20. The summed E-state index contributed by atoms with van der Waals surface area (Å²) in [5.41, 5.74) is 2.48. The Morgan fingerprint density at radius 2 is 1.94 bits per heavy atom. The summed E-state index contributed by atoms with van der Waals surface area (Å²) < 4.78 is 22.6. The van der Waals surface area contributed by atoms with E-state index in [9.17, 15) is 8.42 Å². The van der Waals surface area contributed by atoms with E-state index in [0.717, 1.165) is 13.1 Å². The number of sulfone groups is 1. The largest absolute Gasteiger partial charge is 0.316 e. The number of hydrogen-bond acceptors (Lipinski definition) is 3. The van der Waals surface area contributed by atoms with Crippen molar-refractivity contribution in [2.45, 2.75) is 26.2 Å². The molecule has 1 aromatic rings. The predicted octanol–water partition coefficient (Wildman–Crippen LogP) is 2.12.